The third kappa shape index (κ3) is 3.61. The SMILES string of the molecule is CC(C)(NC=O)c1cc(NC(C)(C)c2ccccn2)ccn1. The van der Waals surface area contributed by atoms with E-state index in [9.17, 15) is 4.79 Å². The van der Waals surface area contributed by atoms with Gasteiger partial charge in [-0.3, -0.25) is 14.8 Å². The Morgan fingerprint density at radius 1 is 0.955 bits per heavy atom. The van der Waals surface area contributed by atoms with E-state index in [0.29, 0.717) is 6.41 Å². The van der Waals surface area contributed by atoms with Crippen LogP contribution in [0.1, 0.15) is 39.1 Å². The Morgan fingerprint density at radius 3 is 2.32 bits per heavy atom. The van der Waals surface area contributed by atoms with Crippen molar-refractivity contribution in [2.75, 3.05) is 5.32 Å². The summed E-state index contributed by atoms with van der Waals surface area (Å²) in [5.41, 5.74) is 1.85. The average Bonchev–Trinajstić information content (AvgIpc) is 2.48. The molecule has 0 saturated heterocycles. The molecule has 5 nitrogen and oxygen atoms in total. The van der Waals surface area contributed by atoms with Crippen LogP contribution in [0.4, 0.5) is 5.69 Å². The molecule has 2 aromatic rings. The standard InChI is InChI=1S/C17H22N4O/c1-16(2,20-12-22)15-11-13(8-10-19-15)21-17(3,4)14-7-5-6-9-18-14/h5-12H,1-4H3,(H,19,21)(H,20,22). The first-order valence-corrected chi connectivity index (χ1v) is 7.23. The van der Waals surface area contributed by atoms with Gasteiger partial charge in [-0.25, -0.2) is 0 Å². The van der Waals surface area contributed by atoms with E-state index in [1.807, 2.05) is 44.2 Å². The Bertz CT molecular complexity index is 638. The quantitative estimate of drug-likeness (QED) is 0.805. The third-order valence-corrected chi connectivity index (χ3v) is 3.58. The maximum Gasteiger partial charge on any atom is 0.207 e. The van der Waals surface area contributed by atoms with E-state index in [1.165, 1.54) is 0 Å². The van der Waals surface area contributed by atoms with Crippen LogP contribution in [0.2, 0.25) is 0 Å². The van der Waals surface area contributed by atoms with E-state index in [0.717, 1.165) is 17.1 Å². The minimum absolute atomic E-state index is 0.317. The van der Waals surface area contributed by atoms with E-state index in [-0.39, 0.29) is 5.54 Å². The van der Waals surface area contributed by atoms with Gasteiger partial charge in [-0.05, 0) is 52.0 Å². The van der Waals surface area contributed by atoms with Crippen molar-refractivity contribution >= 4 is 12.1 Å². The van der Waals surface area contributed by atoms with Crippen LogP contribution >= 0.6 is 0 Å². The molecular formula is C17H22N4O. The molecule has 0 aliphatic rings. The molecule has 0 aromatic carbocycles. The number of anilines is 1. The largest absolute Gasteiger partial charge is 0.374 e. The zero-order valence-electron chi connectivity index (χ0n) is 13.4. The lowest BCUT2D eigenvalue weighted by molar-refractivity contribution is -0.111. The Kier molecular flexibility index (Phi) is 4.45. The van der Waals surface area contributed by atoms with Crippen molar-refractivity contribution in [2.45, 2.75) is 38.8 Å². The van der Waals surface area contributed by atoms with Gasteiger partial charge in [0.05, 0.1) is 22.5 Å². The fraction of sp³-hybridized carbons (Fsp3) is 0.353. The van der Waals surface area contributed by atoms with Gasteiger partial charge >= 0.3 is 0 Å². The minimum atomic E-state index is -0.519. The predicted molar refractivity (Wildman–Crippen MR) is 87.3 cm³/mol. The van der Waals surface area contributed by atoms with E-state index >= 15 is 0 Å². The van der Waals surface area contributed by atoms with Gasteiger partial charge in [0.15, 0.2) is 0 Å². The molecule has 1 amide bonds. The van der Waals surface area contributed by atoms with E-state index in [2.05, 4.69) is 34.4 Å². The van der Waals surface area contributed by atoms with Crippen LogP contribution in [0.5, 0.6) is 0 Å². The van der Waals surface area contributed by atoms with Crippen LogP contribution in [0.3, 0.4) is 0 Å². The molecule has 0 fully saturated rings. The number of pyridine rings is 2. The first-order valence-electron chi connectivity index (χ1n) is 7.23. The summed E-state index contributed by atoms with van der Waals surface area (Å²) in [5.74, 6) is 0. The van der Waals surface area contributed by atoms with Gasteiger partial charge < -0.3 is 10.6 Å². The normalized spacial score (nSPS) is 11.8. The van der Waals surface area contributed by atoms with Crippen molar-refractivity contribution in [3.63, 3.8) is 0 Å². The number of hydrogen-bond donors (Lipinski definition) is 2. The van der Waals surface area contributed by atoms with Gasteiger partial charge in [-0.2, -0.15) is 0 Å². The summed E-state index contributed by atoms with van der Waals surface area (Å²) in [7, 11) is 0. The van der Waals surface area contributed by atoms with Gasteiger partial charge in [-0.15, -0.1) is 0 Å². The van der Waals surface area contributed by atoms with Crippen molar-refractivity contribution in [1.82, 2.24) is 15.3 Å². The zero-order chi connectivity index (χ0) is 16.2. The molecule has 0 bridgehead atoms. The highest BCUT2D eigenvalue weighted by molar-refractivity contribution is 5.51. The molecule has 2 heterocycles. The molecule has 0 radical (unpaired) electrons. The van der Waals surface area contributed by atoms with E-state index < -0.39 is 5.54 Å². The maximum atomic E-state index is 10.7. The second-order valence-electron chi connectivity index (χ2n) is 6.28. The van der Waals surface area contributed by atoms with Crippen molar-refractivity contribution in [1.29, 1.82) is 0 Å². The smallest absolute Gasteiger partial charge is 0.207 e. The summed E-state index contributed by atoms with van der Waals surface area (Å²) in [5, 5.41) is 6.25. The van der Waals surface area contributed by atoms with Crippen molar-refractivity contribution in [3.05, 3.63) is 54.1 Å². The minimum Gasteiger partial charge on any atom is -0.374 e. The van der Waals surface area contributed by atoms with Crippen molar-refractivity contribution in [3.8, 4) is 0 Å². The first kappa shape index (κ1) is 15.9. The number of nitrogens with zero attached hydrogens (tertiary/aromatic N) is 2. The van der Waals surface area contributed by atoms with Gasteiger partial charge in [0.1, 0.15) is 0 Å². The molecular weight excluding hydrogens is 276 g/mol. The predicted octanol–water partition coefficient (Wildman–Crippen LogP) is 2.80. The Balaban J connectivity index is 2.25. The molecule has 0 spiro atoms. The van der Waals surface area contributed by atoms with Crippen LogP contribution in [0.15, 0.2) is 42.7 Å². The fourth-order valence-electron chi connectivity index (χ4n) is 2.23. The van der Waals surface area contributed by atoms with Gasteiger partial charge in [0, 0.05) is 18.1 Å². The van der Waals surface area contributed by atoms with E-state index in [1.54, 1.807) is 12.4 Å². The Labute approximate surface area is 131 Å². The highest BCUT2D eigenvalue weighted by Crippen LogP contribution is 2.26. The Hall–Kier alpha value is -2.43. The summed E-state index contributed by atoms with van der Waals surface area (Å²) in [6.45, 7) is 7.98. The van der Waals surface area contributed by atoms with Crippen LogP contribution in [-0.2, 0) is 15.9 Å². The monoisotopic (exact) mass is 298 g/mol. The molecule has 2 aromatic heterocycles. The summed E-state index contributed by atoms with van der Waals surface area (Å²) in [6.07, 6.45) is 4.22. The molecule has 22 heavy (non-hydrogen) atoms. The number of rotatable bonds is 6. The lowest BCUT2D eigenvalue weighted by Crippen LogP contribution is -2.36. The highest BCUT2D eigenvalue weighted by atomic mass is 16.1. The lowest BCUT2D eigenvalue weighted by Gasteiger charge is -2.28. The first-order chi connectivity index (χ1) is 10.3. The average molecular weight is 298 g/mol. The molecule has 0 atom stereocenters. The number of nitrogens with one attached hydrogen (secondary N) is 2. The Morgan fingerprint density at radius 2 is 1.68 bits per heavy atom. The van der Waals surface area contributed by atoms with Gasteiger partial charge in [0.25, 0.3) is 0 Å². The molecule has 5 heteroatoms. The summed E-state index contributed by atoms with van der Waals surface area (Å²) < 4.78 is 0. The molecule has 116 valence electrons. The molecule has 2 rings (SSSR count). The molecule has 2 N–H and O–H groups in total. The van der Waals surface area contributed by atoms with Crippen LogP contribution in [-0.4, -0.2) is 16.4 Å². The zero-order valence-corrected chi connectivity index (χ0v) is 13.4. The number of aromatic nitrogens is 2. The van der Waals surface area contributed by atoms with Crippen molar-refractivity contribution in [2.24, 2.45) is 0 Å². The molecule has 0 saturated carbocycles. The molecule has 0 unspecified atom stereocenters. The van der Waals surface area contributed by atoms with Gasteiger partial charge in [-0.1, -0.05) is 6.07 Å². The lowest BCUT2D eigenvalue weighted by atomic mass is 9.97. The second kappa shape index (κ2) is 6.13. The number of carbonyl (C=O) groups is 1. The molecule has 0 aliphatic carbocycles. The maximum absolute atomic E-state index is 10.7. The van der Waals surface area contributed by atoms with Crippen molar-refractivity contribution < 1.29 is 4.79 Å². The summed E-state index contributed by atoms with van der Waals surface area (Å²) in [4.78, 5) is 19.5. The number of hydrogen-bond acceptors (Lipinski definition) is 4. The van der Waals surface area contributed by atoms with Crippen LogP contribution in [0.25, 0.3) is 0 Å². The number of carbonyl (C=O) groups excluding carboxylic acids is 1. The van der Waals surface area contributed by atoms with Crippen LogP contribution < -0.4 is 10.6 Å². The summed E-state index contributed by atoms with van der Waals surface area (Å²) in [6, 6.07) is 9.72. The second-order valence-corrected chi connectivity index (χ2v) is 6.28. The highest BCUT2D eigenvalue weighted by Gasteiger charge is 2.24. The summed E-state index contributed by atoms with van der Waals surface area (Å²) >= 11 is 0. The van der Waals surface area contributed by atoms with Crippen LogP contribution in [0, 0.1) is 0 Å². The fourth-order valence-corrected chi connectivity index (χ4v) is 2.23. The topological polar surface area (TPSA) is 66.9 Å². The number of amides is 1. The van der Waals surface area contributed by atoms with E-state index in [4.69, 9.17) is 0 Å². The molecule has 0 aliphatic heterocycles. The van der Waals surface area contributed by atoms with Gasteiger partial charge in [0.2, 0.25) is 6.41 Å². The third-order valence-electron chi connectivity index (χ3n) is 3.58.